The van der Waals surface area contributed by atoms with Crippen LogP contribution in [0.5, 0.6) is 0 Å². The van der Waals surface area contributed by atoms with Crippen molar-refractivity contribution in [3.05, 3.63) is 47.5 Å². The molecule has 0 saturated heterocycles. The number of thiazole rings is 1. The van der Waals surface area contributed by atoms with E-state index in [0.717, 1.165) is 21.5 Å². The first-order chi connectivity index (χ1) is 9.63. The molecule has 100 valence electrons. The Bertz CT molecular complexity index is 779. The third-order valence-corrected chi connectivity index (χ3v) is 3.79. The van der Waals surface area contributed by atoms with Crippen LogP contribution in [0.4, 0.5) is 5.13 Å². The first kappa shape index (κ1) is 12.7. The molecule has 5 nitrogen and oxygen atoms in total. The van der Waals surface area contributed by atoms with Crippen molar-refractivity contribution in [2.24, 2.45) is 0 Å². The number of para-hydroxylation sites is 1. The Hall–Kier alpha value is -2.34. The number of amides is 1. The van der Waals surface area contributed by atoms with Crippen molar-refractivity contribution < 1.29 is 4.79 Å². The Morgan fingerprint density at radius 2 is 2.05 bits per heavy atom. The molecule has 0 saturated carbocycles. The fraction of sp³-hybridized carbons (Fsp3) is 0.143. The van der Waals surface area contributed by atoms with E-state index >= 15 is 0 Å². The quantitative estimate of drug-likeness (QED) is 0.785. The standard InChI is InChI=1S/C14H12N4OS/c1-8-4-3-5-11-12(8)17-14(20-11)18-13(19)10-7-15-9(2)6-16-10/h3-7H,1-2H3,(H,17,18,19). The zero-order chi connectivity index (χ0) is 14.1. The highest BCUT2D eigenvalue weighted by atomic mass is 32.1. The predicted molar refractivity (Wildman–Crippen MR) is 79.1 cm³/mol. The minimum Gasteiger partial charge on any atom is -0.296 e. The van der Waals surface area contributed by atoms with Crippen LogP contribution in [-0.2, 0) is 0 Å². The van der Waals surface area contributed by atoms with Gasteiger partial charge in [0.2, 0.25) is 0 Å². The van der Waals surface area contributed by atoms with Gasteiger partial charge in [-0.2, -0.15) is 0 Å². The number of carbonyl (C=O) groups is 1. The van der Waals surface area contributed by atoms with Crippen molar-refractivity contribution in [1.82, 2.24) is 15.0 Å². The number of hydrogen-bond acceptors (Lipinski definition) is 5. The molecule has 3 aromatic rings. The molecule has 6 heteroatoms. The SMILES string of the molecule is Cc1cnc(C(=O)Nc2nc3c(C)cccc3s2)cn1. The molecule has 0 fully saturated rings. The maximum absolute atomic E-state index is 12.0. The summed E-state index contributed by atoms with van der Waals surface area (Å²) in [5, 5.41) is 3.33. The number of rotatable bonds is 2. The number of benzene rings is 1. The molecule has 20 heavy (non-hydrogen) atoms. The predicted octanol–water partition coefficient (Wildman–Crippen LogP) is 2.96. The van der Waals surface area contributed by atoms with Crippen LogP contribution >= 0.6 is 11.3 Å². The Balaban J connectivity index is 1.87. The minimum absolute atomic E-state index is 0.284. The summed E-state index contributed by atoms with van der Waals surface area (Å²) >= 11 is 1.45. The van der Waals surface area contributed by atoms with Gasteiger partial charge in [-0.05, 0) is 25.5 Å². The Morgan fingerprint density at radius 1 is 1.20 bits per heavy atom. The second kappa shape index (κ2) is 4.97. The van der Waals surface area contributed by atoms with Gasteiger partial charge in [0.1, 0.15) is 5.69 Å². The number of nitrogens with zero attached hydrogens (tertiary/aromatic N) is 3. The van der Waals surface area contributed by atoms with Gasteiger partial charge in [0.05, 0.1) is 22.1 Å². The molecule has 0 atom stereocenters. The maximum Gasteiger partial charge on any atom is 0.277 e. The number of aryl methyl sites for hydroxylation is 2. The van der Waals surface area contributed by atoms with Gasteiger partial charge in [0.15, 0.2) is 5.13 Å². The van der Waals surface area contributed by atoms with E-state index in [1.807, 2.05) is 32.0 Å². The first-order valence-corrected chi connectivity index (χ1v) is 6.91. The van der Waals surface area contributed by atoms with Gasteiger partial charge in [-0.25, -0.2) is 9.97 Å². The molecule has 0 unspecified atom stereocenters. The lowest BCUT2D eigenvalue weighted by Gasteiger charge is -2.00. The molecule has 0 bridgehead atoms. The van der Waals surface area contributed by atoms with Gasteiger partial charge in [0.25, 0.3) is 5.91 Å². The highest BCUT2D eigenvalue weighted by Crippen LogP contribution is 2.27. The number of aromatic nitrogens is 3. The van der Waals surface area contributed by atoms with E-state index in [1.165, 1.54) is 17.5 Å². The zero-order valence-electron chi connectivity index (χ0n) is 11.0. The molecule has 2 heterocycles. The van der Waals surface area contributed by atoms with E-state index in [0.29, 0.717) is 5.13 Å². The van der Waals surface area contributed by atoms with Crippen molar-refractivity contribution in [3.8, 4) is 0 Å². The molecular formula is C14H12N4OS. The lowest BCUT2D eigenvalue weighted by Crippen LogP contribution is -2.13. The molecule has 2 aromatic heterocycles. The molecule has 3 rings (SSSR count). The second-order valence-electron chi connectivity index (χ2n) is 4.44. The minimum atomic E-state index is -0.297. The van der Waals surface area contributed by atoms with Crippen molar-refractivity contribution in [1.29, 1.82) is 0 Å². The van der Waals surface area contributed by atoms with Gasteiger partial charge in [-0.1, -0.05) is 23.5 Å². The van der Waals surface area contributed by atoms with E-state index in [4.69, 9.17) is 0 Å². The summed E-state index contributed by atoms with van der Waals surface area (Å²) in [5.41, 5.74) is 3.07. The van der Waals surface area contributed by atoms with E-state index in [-0.39, 0.29) is 11.6 Å². The largest absolute Gasteiger partial charge is 0.296 e. The number of fused-ring (bicyclic) bond motifs is 1. The van der Waals surface area contributed by atoms with Crippen molar-refractivity contribution in [3.63, 3.8) is 0 Å². The second-order valence-corrected chi connectivity index (χ2v) is 5.47. The normalized spacial score (nSPS) is 10.7. The molecule has 0 aliphatic carbocycles. The zero-order valence-corrected chi connectivity index (χ0v) is 11.9. The average Bonchev–Trinajstić information content (AvgIpc) is 2.83. The third kappa shape index (κ3) is 2.37. The number of hydrogen-bond donors (Lipinski definition) is 1. The van der Waals surface area contributed by atoms with Crippen molar-refractivity contribution in [2.75, 3.05) is 5.32 Å². The average molecular weight is 284 g/mol. The Kier molecular flexibility index (Phi) is 3.15. The smallest absolute Gasteiger partial charge is 0.277 e. The van der Waals surface area contributed by atoms with Crippen LogP contribution in [0.1, 0.15) is 21.7 Å². The number of anilines is 1. The summed E-state index contributed by atoms with van der Waals surface area (Å²) in [5.74, 6) is -0.297. The molecule has 1 aromatic carbocycles. The molecular weight excluding hydrogens is 272 g/mol. The molecule has 1 amide bonds. The van der Waals surface area contributed by atoms with Crippen LogP contribution in [0, 0.1) is 13.8 Å². The number of nitrogens with one attached hydrogen (secondary N) is 1. The van der Waals surface area contributed by atoms with Gasteiger partial charge in [-0.15, -0.1) is 0 Å². The van der Waals surface area contributed by atoms with Crippen molar-refractivity contribution in [2.45, 2.75) is 13.8 Å². The van der Waals surface area contributed by atoms with Crippen LogP contribution in [0.15, 0.2) is 30.6 Å². The maximum atomic E-state index is 12.0. The van der Waals surface area contributed by atoms with E-state index in [9.17, 15) is 4.79 Å². The lowest BCUT2D eigenvalue weighted by atomic mass is 10.2. The summed E-state index contributed by atoms with van der Waals surface area (Å²) in [6.07, 6.45) is 3.03. The summed E-state index contributed by atoms with van der Waals surface area (Å²) < 4.78 is 1.05. The van der Waals surface area contributed by atoms with Crippen LogP contribution < -0.4 is 5.32 Å². The molecule has 0 aliphatic rings. The molecule has 0 spiro atoms. The summed E-state index contributed by atoms with van der Waals surface area (Å²) in [7, 11) is 0. The number of carbonyl (C=O) groups excluding carboxylic acids is 1. The Labute approximate surface area is 119 Å². The van der Waals surface area contributed by atoms with Crippen LogP contribution in [0.3, 0.4) is 0 Å². The summed E-state index contributed by atoms with van der Waals surface area (Å²) in [6.45, 7) is 3.82. The third-order valence-electron chi connectivity index (χ3n) is 2.85. The molecule has 1 N–H and O–H groups in total. The molecule has 0 aliphatic heterocycles. The molecule has 0 radical (unpaired) electrons. The van der Waals surface area contributed by atoms with Crippen LogP contribution in [0.25, 0.3) is 10.2 Å². The summed E-state index contributed by atoms with van der Waals surface area (Å²) in [4.78, 5) is 24.6. The lowest BCUT2D eigenvalue weighted by molar-refractivity contribution is 0.102. The van der Waals surface area contributed by atoms with Gasteiger partial charge in [-0.3, -0.25) is 15.1 Å². The highest BCUT2D eigenvalue weighted by Gasteiger charge is 2.12. The fourth-order valence-electron chi connectivity index (χ4n) is 1.81. The topological polar surface area (TPSA) is 67.8 Å². The van der Waals surface area contributed by atoms with Crippen molar-refractivity contribution >= 4 is 32.6 Å². The van der Waals surface area contributed by atoms with Gasteiger partial charge < -0.3 is 0 Å². The van der Waals surface area contributed by atoms with Gasteiger partial charge >= 0.3 is 0 Å². The Morgan fingerprint density at radius 3 is 2.75 bits per heavy atom. The van der Waals surface area contributed by atoms with Gasteiger partial charge in [0, 0.05) is 6.20 Å². The highest BCUT2D eigenvalue weighted by molar-refractivity contribution is 7.22. The fourth-order valence-corrected chi connectivity index (χ4v) is 2.75. The monoisotopic (exact) mass is 284 g/mol. The van der Waals surface area contributed by atoms with E-state index < -0.39 is 0 Å². The van der Waals surface area contributed by atoms with E-state index in [1.54, 1.807) is 6.20 Å². The summed E-state index contributed by atoms with van der Waals surface area (Å²) in [6, 6.07) is 5.97. The van der Waals surface area contributed by atoms with Crippen LogP contribution in [0.2, 0.25) is 0 Å². The van der Waals surface area contributed by atoms with E-state index in [2.05, 4.69) is 20.3 Å². The van der Waals surface area contributed by atoms with Crippen LogP contribution in [-0.4, -0.2) is 20.9 Å². The first-order valence-electron chi connectivity index (χ1n) is 6.09.